The predicted octanol–water partition coefficient (Wildman–Crippen LogP) is 1.95. The van der Waals surface area contributed by atoms with Gasteiger partial charge in [-0.25, -0.2) is 18.5 Å². The molecule has 3 N–H and O–H groups in total. The number of aromatic nitrogens is 2. The number of nitrogens with zero attached hydrogens (tertiary/aromatic N) is 2. The van der Waals surface area contributed by atoms with Gasteiger partial charge in [0.05, 0.1) is 34.2 Å². The van der Waals surface area contributed by atoms with E-state index in [1.807, 2.05) is 0 Å². The third-order valence-electron chi connectivity index (χ3n) is 5.02. The average molecular weight is 475 g/mol. The molecule has 0 saturated carbocycles. The van der Waals surface area contributed by atoms with Crippen LogP contribution in [0.3, 0.4) is 0 Å². The zero-order valence-corrected chi connectivity index (χ0v) is 18.7. The fraction of sp³-hybridized carbons (Fsp3) is 0.286. The largest absolute Gasteiger partial charge is 0.376 e. The number of hydrogen-bond donors (Lipinski definition) is 2. The van der Waals surface area contributed by atoms with Crippen molar-refractivity contribution < 1.29 is 17.9 Å². The molecule has 11 heteroatoms. The Kier molecular flexibility index (Phi) is 6.60. The molecule has 2 heterocycles. The highest BCUT2D eigenvalue weighted by Crippen LogP contribution is 2.22. The number of anilines is 1. The molecule has 3 aromatic rings. The van der Waals surface area contributed by atoms with Crippen LogP contribution in [0.25, 0.3) is 10.9 Å². The fourth-order valence-electron chi connectivity index (χ4n) is 3.49. The van der Waals surface area contributed by atoms with Crippen LogP contribution in [-0.2, 0) is 26.1 Å². The fourth-order valence-corrected chi connectivity index (χ4v) is 4.86. The van der Waals surface area contributed by atoms with Crippen molar-refractivity contribution in [3.8, 4) is 0 Å². The van der Waals surface area contributed by atoms with Gasteiger partial charge in [0.15, 0.2) is 5.16 Å². The topological polar surface area (TPSA) is 133 Å². The number of hydrogen-bond acceptors (Lipinski definition) is 7. The Morgan fingerprint density at radius 1 is 1.25 bits per heavy atom. The third-order valence-corrected chi connectivity index (χ3v) is 6.90. The average Bonchev–Trinajstić information content (AvgIpc) is 3.27. The summed E-state index contributed by atoms with van der Waals surface area (Å²) in [6, 6.07) is 12.8. The van der Waals surface area contributed by atoms with E-state index in [4.69, 9.17) is 9.88 Å². The van der Waals surface area contributed by atoms with Crippen molar-refractivity contribution in [3.05, 3.63) is 58.9 Å². The van der Waals surface area contributed by atoms with Crippen molar-refractivity contribution in [3.63, 3.8) is 0 Å². The third kappa shape index (κ3) is 5.18. The highest BCUT2D eigenvalue weighted by Gasteiger charge is 2.21. The van der Waals surface area contributed by atoms with Gasteiger partial charge in [-0.1, -0.05) is 30.0 Å². The Balaban J connectivity index is 1.54. The summed E-state index contributed by atoms with van der Waals surface area (Å²) in [7, 11) is -3.88. The minimum Gasteiger partial charge on any atom is -0.376 e. The lowest BCUT2D eigenvalue weighted by molar-refractivity contribution is -0.113. The van der Waals surface area contributed by atoms with Crippen LogP contribution in [0.4, 0.5) is 5.69 Å². The highest BCUT2D eigenvalue weighted by molar-refractivity contribution is 7.99. The molecule has 1 aliphatic rings. The number of rotatable bonds is 7. The number of para-hydroxylation sites is 1. The number of sulfonamides is 1. The molecule has 1 amide bonds. The van der Waals surface area contributed by atoms with E-state index in [1.165, 1.54) is 18.2 Å². The van der Waals surface area contributed by atoms with E-state index >= 15 is 0 Å². The molecule has 1 fully saturated rings. The van der Waals surface area contributed by atoms with Crippen molar-refractivity contribution in [2.24, 2.45) is 5.14 Å². The molecule has 1 atom stereocenters. The minimum absolute atomic E-state index is 0.0179. The first kappa shape index (κ1) is 22.5. The standard InChI is InChI=1S/C21H22N4O5S2/c22-32(28,29)16-7-3-5-14(11-16)23-19(26)13-31-21-24-18-9-2-1-8-17(18)20(27)25(21)12-15-6-4-10-30-15/h1-3,5,7-9,11,15H,4,6,10,12-13H2,(H,23,26)(H2,22,28,29). The lowest BCUT2D eigenvalue weighted by atomic mass is 10.2. The van der Waals surface area contributed by atoms with Crippen LogP contribution in [0.2, 0.25) is 0 Å². The smallest absolute Gasteiger partial charge is 0.262 e. The van der Waals surface area contributed by atoms with Crippen LogP contribution >= 0.6 is 11.8 Å². The van der Waals surface area contributed by atoms with Crippen LogP contribution < -0.4 is 16.0 Å². The van der Waals surface area contributed by atoms with Crippen molar-refractivity contribution >= 4 is 44.3 Å². The zero-order valence-electron chi connectivity index (χ0n) is 17.1. The molecule has 0 radical (unpaired) electrons. The SMILES string of the molecule is NS(=O)(=O)c1cccc(NC(=O)CSc2nc3ccccc3c(=O)n2CC2CCCO2)c1. The van der Waals surface area contributed by atoms with Crippen LogP contribution in [0.5, 0.6) is 0 Å². The summed E-state index contributed by atoms with van der Waals surface area (Å²) in [5.74, 6) is -0.386. The van der Waals surface area contributed by atoms with Gasteiger partial charge in [-0.3, -0.25) is 14.2 Å². The molecular weight excluding hydrogens is 452 g/mol. The molecule has 1 aliphatic heterocycles. The van der Waals surface area contributed by atoms with E-state index in [0.29, 0.717) is 34.9 Å². The van der Waals surface area contributed by atoms with Gasteiger partial charge in [0.2, 0.25) is 15.9 Å². The van der Waals surface area contributed by atoms with Crippen molar-refractivity contribution in [2.45, 2.75) is 35.5 Å². The van der Waals surface area contributed by atoms with Gasteiger partial charge < -0.3 is 10.1 Å². The molecule has 4 rings (SSSR count). The zero-order chi connectivity index (χ0) is 22.7. The monoisotopic (exact) mass is 474 g/mol. The normalized spacial score (nSPS) is 16.3. The maximum Gasteiger partial charge on any atom is 0.262 e. The molecule has 1 saturated heterocycles. The van der Waals surface area contributed by atoms with E-state index in [0.717, 1.165) is 24.6 Å². The maximum absolute atomic E-state index is 13.1. The number of ether oxygens (including phenoxy) is 1. The van der Waals surface area contributed by atoms with E-state index < -0.39 is 10.0 Å². The van der Waals surface area contributed by atoms with Gasteiger partial charge >= 0.3 is 0 Å². The van der Waals surface area contributed by atoms with Crippen molar-refractivity contribution in [1.82, 2.24) is 9.55 Å². The molecule has 0 spiro atoms. The molecule has 168 valence electrons. The van der Waals surface area contributed by atoms with Gasteiger partial charge in [-0.15, -0.1) is 0 Å². The number of benzene rings is 2. The van der Waals surface area contributed by atoms with Crippen LogP contribution in [0, 0.1) is 0 Å². The minimum atomic E-state index is -3.88. The van der Waals surface area contributed by atoms with Crippen LogP contribution in [-0.4, -0.2) is 42.3 Å². The number of amides is 1. The summed E-state index contributed by atoms with van der Waals surface area (Å²) >= 11 is 1.14. The van der Waals surface area contributed by atoms with Gasteiger partial charge in [0.1, 0.15) is 0 Å². The molecule has 0 aliphatic carbocycles. The summed E-state index contributed by atoms with van der Waals surface area (Å²) in [5.41, 5.74) is 0.699. The number of fused-ring (bicyclic) bond motifs is 1. The first-order valence-corrected chi connectivity index (χ1v) is 12.5. The second-order valence-electron chi connectivity index (χ2n) is 7.37. The first-order valence-electron chi connectivity index (χ1n) is 9.98. The molecule has 32 heavy (non-hydrogen) atoms. The van der Waals surface area contributed by atoms with Crippen LogP contribution in [0.15, 0.2) is 63.4 Å². The van der Waals surface area contributed by atoms with E-state index in [2.05, 4.69) is 10.3 Å². The Bertz CT molecular complexity index is 1320. The van der Waals surface area contributed by atoms with Crippen molar-refractivity contribution in [2.75, 3.05) is 17.7 Å². The summed E-state index contributed by atoms with van der Waals surface area (Å²) in [4.78, 5) is 30.1. The Labute approximate surface area is 189 Å². The van der Waals surface area contributed by atoms with E-state index in [1.54, 1.807) is 34.9 Å². The number of thioether (sulfide) groups is 1. The Hall–Kier alpha value is -2.73. The quantitative estimate of drug-likeness (QED) is 0.395. The summed E-state index contributed by atoms with van der Waals surface area (Å²) in [6.45, 7) is 1.04. The highest BCUT2D eigenvalue weighted by atomic mass is 32.2. The summed E-state index contributed by atoms with van der Waals surface area (Å²) in [6.07, 6.45) is 1.75. The van der Waals surface area contributed by atoms with Gasteiger partial charge in [-0.05, 0) is 43.2 Å². The molecule has 1 unspecified atom stereocenters. The van der Waals surface area contributed by atoms with Gasteiger partial charge in [-0.2, -0.15) is 0 Å². The number of primary sulfonamides is 1. The second-order valence-corrected chi connectivity index (χ2v) is 9.88. The molecule has 1 aromatic heterocycles. The number of nitrogens with one attached hydrogen (secondary N) is 1. The second kappa shape index (κ2) is 9.41. The maximum atomic E-state index is 13.1. The molecule has 2 aromatic carbocycles. The lowest BCUT2D eigenvalue weighted by Gasteiger charge is -2.16. The summed E-state index contributed by atoms with van der Waals surface area (Å²) < 4.78 is 30.3. The Morgan fingerprint density at radius 3 is 2.81 bits per heavy atom. The van der Waals surface area contributed by atoms with Crippen molar-refractivity contribution in [1.29, 1.82) is 0 Å². The number of carbonyl (C=O) groups is 1. The number of nitrogens with two attached hydrogens (primary N) is 1. The van der Waals surface area contributed by atoms with E-state index in [-0.39, 0.29) is 28.2 Å². The predicted molar refractivity (Wildman–Crippen MR) is 122 cm³/mol. The van der Waals surface area contributed by atoms with Gasteiger partial charge in [0.25, 0.3) is 5.56 Å². The Morgan fingerprint density at radius 2 is 2.06 bits per heavy atom. The molecule has 9 nitrogen and oxygen atoms in total. The molecule has 0 bridgehead atoms. The number of carbonyl (C=O) groups excluding carboxylic acids is 1. The lowest BCUT2D eigenvalue weighted by Crippen LogP contribution is -2.29. The van der Waals surface area contributed by atoms with Gasteiger partial charge in [0, 0.05) is 12.3 Å². The van der Waals surface area contributed by atoms with Crippen LogP contribution in [0.1, 0.15) is 12.8 Å². The first-order chi connectivity index (χ1) is 15.3. The summed E-state index contributed by atoms with van der Waals surface area (Å²) in [5, 5.41) is 8.73. The molecular formula is C21H22N4O5S2. The van der Waals surface area contributed by atoms with E-state index in [9.17, 15) is 18.0 Å².